The van der Waals surface area contributed by atoms with Crippen LogP contribution in [0.1, 0.15) is 18.1 Å². The molecule has 78 valence electrons. The first kappa shape index (κ1) is 12.9. The molecule has 0 aromatic heterocycles. The molecule has 0 fully saturated rings. The Hall–Kier alpha value is 0.787. The molecular formula is C9H10BrCl3Si. The molecule has 0 N–H and O–H groups in total. The van der Waals surface area contributed by atoms with E-state index in [0.717, 1.165) is 5.56 Å². The number of aryl methyl sites for hydroxylation is 1. The highest BCUT2D eigenvalue weighted by atomic mass is 79.9. The van der Waals surface area contributed by atoms with E-state index >= 15 is 0 Å². The molecule has 5 heteroatoms. The maximum Gasteiger partial charge on any atom is 0.361 e. The van der Waals surface area contributed by atoms with Gasteiger partial charge in [0.2, 0.25) is 0 Å². The van der Waals surface area contributed by atoms with Crippen molar-refractivity contribution in [3.05, 3.63) is 35.4 Å². The van der Waals surface area contributed by atoms with Crippen molar-refractivity contribution in [2.75, 3.05) is 0 Å². The largest absolute Gasteiger partial charge is 0.361 e. The molecule has 0 aliphatic rings. The lowest BCUT2D eigenvalue weighted by molar-refractivity contribution is 0.998. The van der Waals surface area contributed by atoms with Crippen molar-refractivity contribution in [1.82, 2.24) is 0 Å². The molecule has 1 rings (SSSR count). The fourth-order valence-corrected chi connectivity index (χ4v) is 2.77. The van der Waals surface area contributed by atoms with Crippen molar-refractivity contribution >= 4 is 55.2 Å². The Kier molecular flexibility index (Phi) is 3.99. The molecule has 1 unspecified atom stereocenters. The summed E-state index contributed by atoms with van der Waals surface area (Å²) < 4.78 is -0.529. The zero-order valence-corrected chi connectivity index (χ0v) is 12.7. The summed E-state index contributed by atoms with van der Waals surface area (Å²) in [5, 5.41) is 0. The monoisotopic (exact) mass is 330 g/mol. The van der Waals surface area contributed by atoms with Crippen LogP contribution in [0.5, 0.6) is 0 Å². The van der Waals surface area contributed by atoms with Gasteiger partial charge in [-0.1, -0.05) is 45.8 Å². The van der Waals surface area contributed by atoms with Crippen molar-refractivity contribution in [2.45, 2.75) is 17.8 Å². The predicted molar refractivity (Wildman–Crippen MR) is 70.8 cm³/mol. The van der Waals surface area contributed by atoms with Gasteiger partial charge in [0.25, 0.3) is 0 Å². The van der Waals surface area contributed by atoms with Crippen molar-refractivity contribution < 1.29 is 0 Å². The van der Waals surface area contributed by atoms with Crippen LogP contribution in [-0.4, -0.2) is 6.00 Å². The van der Waals surface area contributed by atoms with Crippen LogP contribution >= 0.6 is 49.2 Å². The van der Waals surface area contributed by atoms with Crippen LogP contribution in [0.3, 0.4) is 0 Å². The molecule has 1 atom stereocenters. The van der Waals surface area contributed by atoms with Crippen LogP contribution in [0, 0.1) is 6.92 Å². The normalized spacial score (nSPS) is 16.4. The van der Waals surface area contributed by atoms with E-state index < -0.39 is 9.95 Å². The maximum atomic E-state index is 6.02. The Morgan fingerprint density at radius 2 is 1.57 bits per heavy atom. The molecule has 0 saturated heterocycles. The molecule has 0 amide bonds. The Balaban J connectivity index is 3.10. The summed E-state index contributed by atoms with van der Waals surface area (Å²) in [5.41, 5.74) is 2.21. The molecule has 0 radical (unpaired) electrons. The van der Waals surface area contributed by atoms with Crippen LogP contribution in [0.2, 0.25) is 0 Å². The Bertz CT molecular complexity index is 316. The van der Waals surface area contributed by atoms with Gasteiger partial charge in [0.15, 0.2) is 0 Å². The third kappa shape index (κ3) is 2.67. The van der Waals surface area contributed by atoms with E-state index in [4.69, 9.17) is 33.2 Å². The van der Waals surface area contributed by atoms with E-state index in [1.54, 1.807) is 0 Å². The average Bonchev–Trinajstić information content (AvgIpc) is 2.03. The van der Waals surface area contributed by atoms with Crippen molar-refractivity contribution in [1.29, 1.82) is 0 Å². The van der Waals surface area contributed by atoms with Gasteiger partial charge in [0, 0.05) is 0 Å². The Morgan fingerprint density at radius 3 is 1.93 bits per heavy atom. The predicted octanol–water partition coefficient (Wildman–Crippen LogP) is 4.80. The number of hydrogen-bond donors (Lipinski definition) is 0. The SMILES string of the molecule is Cc1ccc(C(C)(Br)[Si](Cl)(Cl)Cl)cc1. The number of hydrogen-bond acceptors (Lipinski definition) is 0. The van der Waals surface area contributed by atoms with Gasteiger partial charge in [-0.05, 0) is 19.4 Å². The molecular weight excluding hydrogens is 322 g/mol. The topological polar surface area (TPSA) is 0 Å². The highest BCUT2D eigenvalue weighted by molar-refractivity contribution is 9.10. The smallest absolute Gasteiger partial charge is 0.124 e. The van der Waals surface area contributed by atoms with Gasteiger partial charge >= 0.3 is 6.00 Å². The molecule has 0 heterocycles. The van der Waals surface area contributed by atoms with E-state index in [0.29, 0.717) is 0 Å². The van der Waals surface area contributed by atoms with E-state index in [9.17, 15) is 0 Å². The Morgan fingerprint density at radius 1 is 1.14 bits per heavy atom. The summed E-state index contributed by atoms with van der Waals surface area (Å²) in [7, 11) is 0. The highest BCUT2D eigenvalue weighted by Gasteiger charge is 2.47. The fraction of sp³-hybridized carbons (Fsp3) is 0.333. The summed E-state index contributed by atoms with van der Waals surface area (Å²) in [6, 6.07) is 5.19. The summed E-state index contributed by atoms with van der Waals surface area (Å²) in [6.45, 7) is 3.93. The quantitative estimate of drug-likeness (QED) is 0.414. The molecule has 1 aromatic rings. The molecule has 14 heavy (non-hydrogen) atoms. The number of rotatable bonds is 2. The lowest BCUT2D eigenvalue weighted by Crippen LogP contribution is -2.35. The second-order valence-electron chi connectivity index (χ2n) is 3.37. The number of benzene rings is 1. The zero-order valence-electron chi connectivity index (χ0n) is 7.82. The average molecular weight is 333 g/mol. The number of alkyl halides is 1. The maximum absolute atomic E-state index is 6.02. The Labute approximate surface area is 108 Å². The molecule has 1 aromatic carbocycles. The summed E-state index contributed by atoms with van der Waals surface area (Å²) >= 11 is 21.6. The van der Waals surface area contributed by atoms with Gasteiger partial charge in [0.05, 0.1) is 3.95 Å². The number of halogens is 4. The lowest BCUT2D eigenvalue weighted by Gasteiger charge is -2.28. The second-order valence-corrected chi connectivity index (χ2v) is 14.5. The van der Waals surface area contributed by atoms with Crippen LogP contribution in [-0.2, 0) is 3.95 Å². The van der Waals surface area contributed by atoms with Crippen LogP contribution < -0.4 is 0 Å². The summed E-state index contributed by atoms with van der Waals surface area (Å²) in [6.07, 6.45) is 0. The van der Waals surface area contributed by atoms with E-state index in [-0.39, 0.29) is 0 Å². The third-order valence-corrected chi connectivity index (χ3v) is 11.2. The fourth-order valence-electron chi connectivity index (χ4n) is 1.03. The van der Waals surface area contributed by atoms with Gasteiger partial charge in [0.1, 0.15) is 0 Å². The lowest BCUT2D eigenvalue weighted by atomic mass is 10.1. The van der Waals surface area contributed by atoms with E-state index in [1.165, 1.54) is 5.56 Å². The minimum Gasteiger partial charge on any atom is -0.124 e. The first-order valence-corrected chi connectivity index (χ1v) is 9.91. The minimum absolute atomic E-state index is 0.529. The molecule has 0 spiro atoms. The van der Waals surface area contributed by atoms with Gasteiger partial charge in [-0.15, -0.1) is 33.2 Å². The molecule has 0 aliphatic carbocycles. The van der Waals surface area contributed by atoms with Crippen LogP contribution in [0.25, 0.3) is 0 Å². The van der Waals surface area contributed by atoms with Crippen LogP contribution in [0.4, 0.5) is 0 Å². The van der Waals surface area contributed by atoms with Gasteiger partial charge in [-0.2, -0.15) is 0 Å². The van der Waals surface area contributed by atoms with Crippen LogP contribution in [0.15, 0.2) is 24.3 Å². The first-order chi connectivity index (χ1) is 6.25. The highest BCUT2D eigenvalue weighted by Crippen LogP contribution is 2.46. The van der Waals surface area contributed by atoms with Gasteiger partial charge in [-0.25, -0.2) is 0 Å². The third-order valence-electron chi connectivity index (χ3n) is 2.13. The van der Waals surface area contributed by atoms with Gasteiger partial charge < -0.3 is 0 Å². The van der Waals surface area contributed by atoms with Gasteiger partial charge in [-0.3, -0.25) is 0 Å². The standard InChI is InChI=1S/C9H10BrCl3Si/c1-7-3-5-8(6-4-7)9(2,10)14(11,12)13/h3-6H,1-2H3. The molecule has 0 bridgehead atoms. The second kappa shape index (κ2) is 4.34. The zero-order chi connectivity index (χ0) is 11.0. The molecule has 0 saturated carbocycles. The van der Waals surface area contributed by atoms with E-state index in [2.05, 4.69) is 15.9 Å². The van der Waals surface area contributed by atoms with Crippen molar-refractivity contribution in [3.8, 4) is 0 Å². The van der Waals surface area contributed by atoms with Crippen molar-refractivity contribution in [3.63, 3.8) is 0 Å². The molecule has 0 aliphatic heterocycles. The summed E-state index contributed by atoms with van der Waals surface area (Å²) in [5.74, 6) is 0. The minimum atomic E-state index is -2.81. The first-order valence-electron chi connectivity index (χ1n) is 4.08. The van der Waals surface area contributed by atoms with E-state index in [1.807, 2.05) is 38.1 Å². The van der Waals surface area contributed by atoms with Crippen molar-refractivity contribution in [2.24, 2.45) is 0 Å². The summed E-state index contributed by atoms with van der Waals surface area (Å²) in [4.78, 5) is 0. The molecule has 0 nitrogen and oxygen atoms in total.